The molecule has 2 saturated heterocycles. The number of halogens is 1. The Morgan fingerprint density at radius 2 is 2.12 bits per heavy atom. The fraction of sp³-hybridized carbons (Fsp3) is 0.500. The smallest absolute Gasteiger partial charge is 0.407 e. The Bertz CT molecular complexity index is 794. The van der Waals surface area contributed by atoms with Crippen LogP contribution in [-0.2, 0) is 0 Å². The number of nitrogens with zero attached hydrogens (tertiary/aromatic N) is 4. The molecule has 1 aromatic rings. The summed E-state index contributed by atoms with van der Waals surface area (Å²) in [4.78, 5) is 33.6. The average molecular weight is 360 g/mol. The standard InChI is InChI=1S/C18H21FN4O3/c1-12-11-18(6-9-22(12)17(25)26)15(21-7-3-8-21)20-16(24)23(18)14-5-2-4-13(19)10-14/h2,4-5,10,12H,3,6-9,11H2,1H3,(H,25,26). The van der Waals surface area contributed by atoms with Gasteiger partial charge < -0.3 is 14.9 Å². The highest BCUT2D eigenvalue weighted by Gasteiger charge is 2.56. The van der Waals surface area contributed by atoms with Crippen LogP contribution in [0.1, 0.15) is 26.2 Å². The van der Waals surface area contributed by atoms with Crippen LogP contribution in [0.4, 0.5) is 19.7 Å². The lowest BCUT2D eigenvalue weighted by molar-refractivity contribution is 0.0969. The highest BCUT2D eigenvalue weighted by molar-refractivity contribution is 6.16. The summed E-state index contributed by atoms with van der Waals surface area (Å²) in [6.45, 7) is 3.82. The van der Waals surface area contributed by atoms with E-state index >= 15 is 0 Å². The number of carbonyl (C=O) groups is 2. The van der Waals surface area contributed by atoms with Gasteiger partial charge in [0, 0.05) is 31.4 Å². The highest BCUT2D eigenvalue weighted by Crippen LogP contribution is 2.42. The minimum Gasteiger partial charge on any atom is -0.465 e. The Morgan fingerprint density at radius 3 is 2.69 bits per heavy atom. The zero-order chi connectivity index (χ0) is 18.5. The van der Waals surface area contributed by atoms with E-state index in [0.29, 0.717) is 30.9 Å². The first-order valence-electron chi connectivity index (χ1n) is 8.86. The van der Waals surface area contributed by atoms with Crippen molar-refractivity contribution < 1.29 is 19.1 Å². The van der Waals surface area contributed by atoms with Gasteiger partial charge in [-0.25, -0.2) is 14.0 Å². The fourth-order valence-electron chi connectivity index (χ4n) is 4.31. The first-order chi connectivity index (χ1) is 12.4. The Balaban J connectivity index is 1.76. The van der Waals surface area contributed by atoms with Crippen molar-refractivity contribution in [1.29, 1.82) is 0 Å². The minimum atomic E-state index is -0.962. The predicted octanol–water partition coefficient (Wildman–Crippen LogP) is 2.77. The number of rotatable bonds is 1. The molecule has 0 radical (unpaired) electrons. The van der Waals surface area contributed by atoms with Gasteiger partial charge in [0.1, 0.15) is 17.2 Å². The number of hydrogen-bond acceptors (Lipinski definition) is 3. The second kappa shape index (κ2) is 5.96. The molecule has 0 aliphatic carbocycles. The normalized spacial score (nSPS) is 28.4. The van der Waals surface area contributed by atoms with E-state index in [1.807, 2.05) is 6.92 Å². The molecule has 3 aliphatic heterocycles. The average Bonchev–Trinajstić information content (AvgIpc) is 2.77. The third kappa shape index (κ3) is 2.43. The van der Waals surface area contributed by atoms with Crippen LogP contribution in [0.5, 0.6) is 0 Å². The molecule has 1 N–H and O–H groups in total. The van der Waals surface area contributed by atoms with Gasteiger partial charge in [-0.3, -0.25) is 4.90 Å². The van der Waals surface area contributed by atoms with Crippen molar-refractivity contribution in [2.24, 2.45) is 4.99 Å². The molecule has 0 saturated carbocycles. The number of aliphatic imine (C=N–C) groups is 1. The van der Waals surface area contributed by atoms with Crippen LogP contribution < -0.4 is 4.90 Å². The van der Waals surface area contributed by atoms with Crippen LogP contribution >= 0.6 is 0 Å². The lowest BCUT2D eigenvalue weighted by Gasteiger charge is -2.50. The number of carbonyl (C=O) groups excluding carboxylic acids is 1. The van der Waals surface area contributed by atoms with Crippen LogP contribution in [0, 0.1) is 5.82 Å². The zero-order valence-corrected chi connectivity index (χ0v) is 14.6. The maximum Gasteiger partial charge on any atom is 0.407 e. The molecule has 4 rings (SSSR count). The van der Waals surface area contributed by atoms with Gasteiger partial charge in [-0.1, -0.05) is 6.07 Å². The minimum absolute atomic E-state index is 0.269. The van der Waals surface area contributed by atoms with Gasteiger partial charge in [0.25, 0.3) is 0 Å². The van der Waals surface area contributed by atoms with Crippen molar-refractivity contribution in [3.8, 4) is 0 Å². The first kappa shape index (κ1) is 16.8. The number of carboxylic acid groups (broad SMARTS) is 1. The van der Waals surface area contributed by atoms with Crippen molar-refractivity contribution >= 4 is 23.6 Å². The molecule has 8 heteroatoms. The van der Waals surface area contributed by atoms with Crippen LogP contribution in [0.3, 0.4) is 0 Å². The number of benzene rings is 1. The van der Waals surface area contributed by atoms with Crippen molar-refractivity contribution in [1.82, 2.24) is 9.80 Å². The quantitative estimate of drug-likeness (QED) is 0.835. The summed E-state index contributed by atoms with van der Waals surface area (Å²) in [6.07, 6.45) is 0.967. The molecular formula is C18H21FN4O3. The summed E-state index contributed by atoms with van der Waals surface area (Å²) in [5.74, 6) is 0.286. The Hall–Kier alpha value is -2.64. The van der Waals surface area contributed by atoms with Crippen molar-refractivity contribution in [2.45, 2.75) is 37.8 Å². The molecule has 3 aliphatic rings. The number of anilines is 1. The van der Waals surface area contributed by atoms with Crippen molar-refractivity contribution in [3.05, 3.63) is 30.1 Å². The lowest BCUT2D eigenvalue weighted by atomic mass is 9.80. The summed E-state index contributed by atoms with van der Waals surface area (Å²) in [7, 11) is 0. The maximum atomic E-state index is 13.8. The zero-order valence-electron chi connectivity index (χ0n) is 14.6. The maximum absolute atomic E-state index is 13.8. The summed E-state index contributed by atoms with van der Waals surface area (Å²) < 4.78 is 13.8. The van der Waals surface area contributed by atoms with Crippen molar-refractivity contribution in [2.75, 3.05) is 24.5 Å². The number of amides is 3. The van der Waals surface area contributed by atoms with Crippen LogP contribution in [-0.4, -0.2) is 64.1 Å². The second-order valence-corrected chi connectivity index (χ2v) is 7.18. The van der Waals surface area contributed by atoms with E-state index < -0.39 is 23.5 Å². The third-order valence-electron chi connectivity index (χ3n) is 5.64. The SMILES string of the molecule is CC1CC2(CCN1C(=O)O)C(N1CCC1)=NC(=O)N2c1cccc(F)c1. The van der Waals surface area contributed by atoms with E-state index in [2.05, 4.69) is 9.89 Å². The van der Waals surface area contributed by atoms with Crippen LogP contribution in [0.2, 0.25) is 0 Å². The van der Waals surface area contributed by atoms with Crippen LogP contribution in [0.25, 0.3) is 0 Å². The van der Waals surface area contributed by atoms with Gasteiger partial charge in [0.2, 0.25) is 0 Å². The number of piperidine rings is 1. The molecule has 2 fully saturated rings. The Labute approximate surface area is 150 Å². The highest BCUT2D eigenvalue weighted by atomic mass is 19.1. The van der Waals surface area contributed by atoms with Crippen LogP contribution in [0.15, 0.2) is 29.3 Å². The summed E-state index contributed by atoms with van der Waals surface area (Å²) in [5.41, 5.74) is -0.262. The molecular weight excluding hydrogens is 339 g/mol. The molecule has 138 valence electrons. The summed E-state index contributed by atoms with van der Waals surface area (Å²) in [5, 5.41) is 9.40. The number of urea groups is 1. The Kier molecular flexibility index (Phi) is 3.86. The topological polar surface area (TPSA) is 76.5 Å². The first-order valence-corrected chi connectivity index (χ1v) is 8.86. The molecule has 26 heavy (non-hydrogen) atoms. The van der Waals surface area contributed by atoms with Gasteiger partial charge in [-0.15, -0.1) is 0 Å². The number of amidine groups is 1. The van der Waals surface area contributed by atoms with Gasteiger partial charge >= 0.3 is 12.1 Å². The van der Waals surface area contributed by atoms with Gasteiger partial charge in [0.15, 0.2) is 0 Å². The number of hydrogen-bond donors (Lipinski definition) is 1. The van der Waals surface area contributed by atoms with Gasteiger partial charge in [-0.05, 0) is 44.4 Å². The van der Waals surface area contributed by atoms with Gasteiger partial charge in [0.05, 0.1) is 0 Å². The molecule has 3 heterocycles. The van der Waals surface area contributed by atoms with E-state index in [1.54, 1.807) is 17.0 Å². The van der Waals surface area contributed by atoms with Crippen molar-refractivity contribution in [3.63, 3.8) is 0 Å². The molecule has 1 spiro atoms. The molecule has 2 unspecified atom stereocenters. The lowest BCUT2D eigenvalue weighted by Crippen LogP contribution is -2.65. The molecule has 3 amide bonds. The molecule has 0 aromatic heterocycles. The van der Waals surface area contributed by atoms with E-state index in [1.165, 1.54) is 17.0 Å². The molecule has 7 nitrogen and oxygen atoms in total. The monoisotopic (exact) mass is 360 g/mol. The molecule has 0 bridgehead atoms. The summed E-state index contributed by atoms with van der Waals surface area (Å²) >= 11 is 0. The fourth-order valence-corrected chi connectivity index (χ4v) is 4.31. The number of likely N-dealkylation sites (tertiary alicyclic amines) is 2. The van der Waals surface area contributed by atoms with E-state index in [-0.39, 0.29) is 6.04 Å². The molecule has 2 atom stereocenters. The summed E-state index contributed by atoms with van der Waals surface area (Å²) in [6, 6.07) is 5.27. The molecule has 1 aromatic carbocycles. The third-order valence-corrected chi connectivity index (χ3v) is 5.64. The Morgan fingerprint density at radius 1 is 1.35 bits per heavy atom. The van der Waals surface area contributed by atoms with Gasteiger partial charge in [-0.2, -0.15) is 4.99 Å². The largest absolute Gasteiger partial charge is 0.465 e. The van der Waals surface area contributed by atoms with E-state index in [4.69, 9.17) is 0 Å². The predicted molar refractivity (Wildman–Crippen MR) is 94.1 cm³/mol. The van der Waals surface area contributed by atoms with E-state index in [0.717, 1.165) is 19.5 Å². The van der Waals surface area contributed by atoms with E-state index in [9.17, 15) is 19.1 Å². The second-order valence-electron chi connectivity index (χ2n) is 7.18.